The van der Waals surface area contributed by atoms with Gasteiger partial charge in [-0.2, -0.15) is 0 Å². The molecule has 1 saturated heterocycles. The van der Waals surface area contributed by atoms with Crippen molar-refractivity contribution in [2.75, 3.05) is 18.0 Å². The van der Waals surface area contributed by atoms with Gasteiger partial charge in [-0.1, -0.05) is 11.6 Å². The average molecular weight is 313 g/mol. The number of nitrogens with one attached hydrogen (secondary N) is 1. The first-order valence-electron chi connectivity index (χ1n) is 7.06. The van der Waals surface area contributed by atoms with Crippen LogP contribution in [0.4, 0.5) is 10.7 Å². The molecule has 21 heavy (non-hydrogen) atoms. The van der Waals surface area contributed by atoms with E-state index in [0.29, 0.717) is 17.5 Å². The summed E-state index contributed by atoms with van der Waals surface area (Å²) in [7, 11) is 0. The van der Waals surface area contributed by atoms with E-state index in [1.807, 2.05) is 20.8 Å². The third-order valence-corrected chi connectivity index (χ3v) is 3.32. The van der Waals surface area contributed by atoms with E-state index in [4.69, 9.17) is 16.3 Å². The van der Waals surface area contributed by atoms with Crippen LogP contribution < -0.4 is 10.2 Å². The SMILES string of the molecule is CC(C)(C)OC(=O)NC[C@@H]1CCCN1c1ncc(Cl)cn1. The highest BCUT2D eigenvalue weighted by Crippen LogP contribution is 2.22. The minimum atomic E-state index is -0.487. The zero-order valence-electron chi connectivity index (χ0n) is 12.6. The van der Waals surface area contributed by atoms with E-state index in [2.05, 4.69) is 20.2 Å². The van der Waals surface area contributed by atoms with Gasteiger partial charge in [0.1, 0.15) is 5.60 Å². The molecule has 2 heterocycles. The molecule has 6 nitrogen and oxygen atoms in total. The van der Waals surface area contributed by atoms with Gasteiger partial charge in [-0.25, -0.2) is 14.8 Å². The number of nitrogens with zero attached hydrogens (tertiary/aromatic N) is 3. The summed E-state index contributed by atoms with van der Waals surface area (Å²) in [4.78, 5) is 22.3. The fourth-order valence-corrected chi connectivity index (χ4v) is 2.38. The predicted molar refractivity (Wildman–Crippen MR) is 81.6 cm³/mol. The predicted octanol–water partition coefficient (Wildman–Crippen LogP) is 2.62. The molecule has 1 aromatic rings. The first-order chi connectivity index (χ1) is 9.85. The van der Waals surface area contributed by atoms with Crippen LogP contribution in [0.1, 0.15) is 33.6 Å². The molecule has 1 aliphatic rings. The minimum absolute atomic E-state index is 0.179. The first-order valence-corrected chi connectivity index (χ1v) is 7.44. The van der Waals surface area contributed by atoms with Crippen LogP contribution in [0.25, 0.3) is 0 Å². The van der Waals surface area contributed by atoms with Crippen molar-refractivity contribution in [3.8, 4) is 0 Å². The maximum atomic E-state index is 11.7. The summed E-state index contributed by atoms with van der Waals surface area (Å²) in [6.07, 6.45) is 4.81. The Morgan fingerprint density at radius 1 is 1.48 bits per heavy atom. The highest BCUT2D eigenvalue weighted by atomic mass is 35.5. The number of alkyl carbamates (subject to hydrolysis) is 1. The maximum absolute atomic E-state index is 11.7. The molecule has 0 spiro atoms. The standard InChI is InChI=1S/C14H21ClN4O2/c1-14(2,3)21-13(20)18-9-11-5-4-6-19(11)12-16-7-10(15)8-17-12/h7-8,11H,4-6,9H2,1-3H3,(H,18,20)/t11-/m0/s1. The highest BCUT2D eigenvalue weighted by Gasteiger charge is 2.27. The van der Waals surface area contributed by atoms with Crippen LogP contribution in [0.3, 0.4) is 0 Å². The Labute approximate surface area is 129 Å². The van der Waals surface area contributed by atoms with Gasteiger partial charge in [0.25, 0.3) is 0 Å². The number of rotatable bonds is 3. The molecular weight excluding hydrogens is 292 g/mol. The van der Waals surface area contributed by atoms with Crippen LogP contribution in [-0.4, -0.2) is 40.8 Å². The number of amides is 1. The van der Waals surface area contributed by atoms with Crippen LogP contribution >= 0.6 is 11.6 Å². The van der Waals surface area contributed by atoms with E-state index in [1.165, 1.54) is 0 Å². The van der Waals surface area contributed by atoms with Crippen molar-refractivity contribution in [2.45, 2.75) is 45.3 Å². The van der Waals surface area contributed by atoms with Crippen LogP contribution in [0.15, 0.2) is 12.4 Å². The van der Waals surface area contributed by atoms with Crippen molar-refractivity contribution in [3.63, 3.8) is 0 Å². The Hall–Kier alpha value is -1.56. The van der Waals surface area contributed by atoms with Gasteiger partial charge in [0.2, 0.25) is 5.95 Å². The summed E-state index contributed by atoms with van der Waals surface area (Å²) in [5, 5.41) is 3.32. The molecule has 7 heteroatoms. The molecule has 0 saturated carbocycles. The summed E-state index contributed by atoms with van der Waals surface area (Å²) in [5.74, 6) is 0.646. The van der Waals surface area contributed by atoms with Crippen LogP contribution in [0, 0.1) is 0 Å². The molecular formula is C14H21ClN4O2. The van der Waals surface area contributed by atoms with Crippen molar-refractivity contribution < 1.29 is 9.53 Å². The third-order valence-electron chi connectivity index (χ3n) is 3.12. The van der Waals surface area contributed by atoms with Gasteiger partial charge < -0.3 is 15.0 Å². The van der Waals surface area contributed by atoms with E-state index in [0.717, 1.165) is 19.4 Å². The number of ether oxygens (including phenoxy) is 1. The van der Waals surface area contributed by atoms with Gasteiger partial charge in [-0.05, 0) is 33.6 Å². The van der Waals surface area contributed by atoms with Crippen LogP contribution in [-0.2, 0) is 4.74 Å². The molecule has 0 bridgehead atoms. The van der Waals surface area contributed by atoms with Gasteiger partial charge in [-0.3, -0.25) is 0 Å². The monoisotopic (exact) mass is 312 g/mol. The van der Waals surface area contributed by atoms with Crippen molar-refractivity contribution in [2.24, 2.45) is 0 Å². The normalized spacial score (nSPS) is 18.7. The lowest BCUT2D eigenvalue weighted by Crippen LogP contribution is -2.42. The molecule has 0 unspecified atom stereocenters. The topological polar surface area (TPSA) is 67.3 Å². The van der Waals surface area contributed by atoms with E-state index < -0.39 is 11.7 Å². The second kappa shape index (κ2) is 6.47. The number of hydrogen-bond donors (Lipinski definition) is 1. The van der Waals surface area contributed by atoms with E-state index in [9.17, 15) is 4.79 Å². The molecule has 1 aliphatic heterocycles. The molecule has 0 radical (unpaired) electrons. The number of halogens is 1. The smallest absolute Gasteiger partial charge is 0.407 e. The Kier molecular flexibility index (Phi) is 4.88. The number of carbonyl (C=O) groups is 1. The Morgan fingerprint density at radius 3 is 2.76 bits per heavy atom. The molecule has 0 aromatic carbocycles. The number of anilines is 1. The van der Waals surface area contributed by atoms with Gasteiger partial charge in [0.15, 0.2) is 0 Å². The quantitative estimate of drug-likeness (QED) is 0.929. The zero-order chi connectivity index (χ0) is 15.5. The van der Waals surface area contributed by atoms with E-state index >= 15 is 0 Å². The van der Waals surface area contributed by atoms with Gasteiger partial charge >= 0.3 is 6.09 Å². The molecule has 1 aromatic heterocycles. The summed E-state index contributed by atoms with van der Waals surface area (Å²) in [5.41, 5.74) is -0.487. The van der Waals surface area contributed by atoms with Crippen molar-refractivity contribution in [1.29, 1.82) is 0 Å². The first kappa shape index (κ1) is 15.8. The molecule has 0 aliphatic carbocycles. The van der Waals surface area contributed by atoms with E-state index in [-0.39, 0.29) is 6.04 Å². The number of hydrogen-bond acceptors (Lipinski definition) is 5. The Bertz CT molecular complexity index is 487. The molecule has 1 atom stereocenters. The van der Waals surface area contributed by atoms with Gasteiger partial charge in [0, 0.05) is 19.1 Å². The van der Waals surface area contributed by atoms with Crippen LogP contribution in [0.5, 0.6) is 0 Å². The highest BCUT2D eigenvalue weighted by molar-refractivity contribution is 6.30. The molecule has 116 valence electrons. The lowest BCUT2D eigenvalue weighted by Gasteiger charge is -2.26. The summed E-state index contributed by atoms with van der Waals surface area (Å²) in [6.45, 7) is 6.92. The van der Waals surface area contributed by atoms with Crippen LogP contribution in [0.2, 0.25) is 5.02 Å². The van der Waals surface area contributed by atoms with Crippen molar-refractivity contribution in [3.05, 3.63) is 17.4 Å². The average Bonchev–Trinajstić information content (AvgIpc) is 2.83. The van der Waals surface area contributed by atoms with E-state index in [1.54, 1.807) is 12.4 Å². The second-order valence-electron chi connectivity index (χ2n) is 6.07. The number of aromatic nitrogens is 2. The van der Waals surface area contributed by atoms with Gasteiger partial charge in [-0.15, -0.1) is 0 Å². The second-order valence-corrected chi connectivity index (χ2v) is 6.51. The lowest BCUT2D eigenvalue weighted by atomic mass is 10.2. The Morgan fingerprint density at radius 2 is 2.14 bits per heavy atom. The molecule has 1 fully saturated rings. The van der Waals surface area contributed by atoms with Crippen molar-refractivity contribution >= 4 is 23.6 Å². The van der Waals surface area contributed by atoms with Gasteiger partial charge in [0.05, 0.1) is 17.4 Å². The summed E-state index contributed by atoms with van der Waals surface area (Å²) in [6, 6.07) is 0.179. The number of carbonyl (C=O) groups excluding carboxylic acids is 1. The lowest BCUT2D eigenvalue weighted by molar-refractivity contribution is 0.0525. The summed E-state index contributed by atoms with van der Waals surface area (Å²) < 4.78 is 5.24. The zero-order valence-corrected chi connectivity index (χ0v) is 13.4. The van der Waals surface area contributed by atoms with Crippen molar-refractivity contribution in [1.82, 2.24) is 15.3 Å². The summed E-state index contributed by atoms with van der Waals surface area (Å²) >= 11 is 5.80. The fraction of sp³-hybridized carbons (Fsp3) is 0.643. The Balaban J connectivity index is 1.90. The maximum Gasteiger partial charge on any atom is 0.407 e. The third kappa shape index (κ3) is 4.74. The minimum Gasteiger partial charge on any atom is -0.444 e. The molecule has 1 amide bonds. The molecule has 2 rings (SSSR count). The molecule has 1 N–H and O–H groups in total. The fourth-order valence-electron chi connectivity index (χ4n) is 2.28. The largest absolute Gasteiger partial charge is 0.444 e.